The summed E-state index contributed by atoms with van der Waals surface area (Å²) in [4.78, 5) is 27.4. The molecule has 116 valence electrons. The van der Waals surface area contributed by atoms with Crippen molar-refractivity contribution in [3.05, 3.63) is 0 Å². The van der Waals surface area contributed by atoms with Gasteiger partial charge in [0, 0.05) is 26.2 Å². The molecule has 1 aliphatic rings. The van der Waals surface area contributed by atoms with Crippen LogP contribution in [-0.2, 0) is 14.3 Å². The Morgan fingerprint density at radius 1 is 1.20 bits per heavy atom. The van der Waals surface area contributed by atoms with Crippen molar-refractivity contribution < 1.29 is 14.3 Å². The summed E-state index contributed by atoms with van der Waals surface area (Å²) >= 11 is 0. The number of nitrogens with zero attached hydrogens (tertiary/aromatic N) is 2. The van der Waals surface area contributed by atoms with E-state index < -0.39 is 12.0 Å². The van der Waals surface area contributed by atoms with E-state index in [1.807, 2.05) is 0 Å². The maximum atomic E-state index is 12.1. The summed E-state index contributed by atoms with van der Waals surface area (Å²) in [6.07, 6.45) is 3.64. The first-order chi connectivity index (χ1) is 9.58. The molecule has 20 heavy (non-hydrogen) atoms. The Morgan fingerprint density at radius 2 is 1.85 bits per heavy atom. The number of amides is 1. The second-order valence-electron chi connectivity index (χ2n) is 5.26. The van der Waals surface area contributed by atoms with Crippen LogP contribution in [-0.4, -0.2) is 67.6 Å². The lowest BCUT2D eigenvalue weighted by molar-refractivity contribution is -0.145. The molecule has 0 aromatic carbocycles. The van der Waals surface area contributed by atoms with E-state index in [0.717, 1.165) is 19.6 Å². The fourth-order valence-corrected chi connectivity index (χ4v) is 2.36. The first kappa shape index (κ1) is 16.9. The Balaban J connectivity index is 2.29. The lowest BCUT2D eigenvalue weighted by Crippen LogP contribution is -2.53. The molecule has 1 fully saturated rings. The van der Waals surface area contributed by atoms with Crippen molar-refractivity contribution in [2.45, 2.75) is 38.6 Å². The third kappa shape index (κ3) is 5.46. The topological polar surface area (TPSA) is 75.9 Å². The molecule has 1 rings (SSSR count). The summed E-state index contributed by atoms with van der Waals surface area (Å²) in [6.45, 7) is 6.46. The first-order valence-electron chi connectivity index (χ1n) is 7.42. The van der Waals surface area contributed by atoms with Crippen molar-refractivity contribution >= 4 is 11.9 Å². The molecule has 0 aliphatic carbocycles. The molecule has 1 aliphatic heterocycles. The second-order valence-corrected chi connectivity index (χ2v) is 5.26. The normalized spacial score (nSPS) is 17.9. The molecular weight excluding hydrogens is 258 g/mol. The third-order valence-electron chi connectivity index (χ3n) is 3.69. The monoisotopic (exact) mass is 285 g/mol. The number of piperazine rings is 1. The molecule has 1 heterocycles. The molecule has 0 radical (unpaired) electrons. The molecule has 2 N–H and O–H groups in total. The predicted molar refractivity (Wildman–Crippen MR) is 77.2 cm³/mol. The Morgan fingerprint density at radius 3 is 2.40 bits per heavy atom. The second kappa shape index (κ2) is 8.92. The summed E-state index contributed by atoms with van der Waals surface area (Å²) in [5, 5.41) is 0. The molecule has 1 saturated heterocycles. The van der Waals surface area contributed by atoms with Crippen LogP contribution >= 0.6 is 0 Å². The number of esters is 1. The van der Waals surface area contributed by atoms with E-state index in [4.69, 9.17) is 5.73 Å². The van der Waals surface area contributed by atoms with Crippen molar-refractivity contribution in [2.75, 3.05) is 39.8 Å². The van der Waals surface area contributed by atoms with Gasteiger partial charge >= 0.3 is 5.97 Å². The summed E-state index contributed by atoms with van der Waals surface area (Å²) < 4.78 is 4.53. The molecule has 0 spiro atoms. The quantitative estimate of drug-likeness (QED) is 0.534. The molecule has 0 saturated carbocycles. The lowest BCUT2D eigenvalue weighted by Gasteiger charge is -2.35. The van der Waals surface area contributed by atoms with Gasteiger partial charge in [-0.3, -0.25) is 14.5 Å². The van der Waals surface area contributed by atoms with Gasteiger partial charge in [0.15, 0.2) is 0 Å². The minimum atomic E-state index is -0.783. The van der Waals surface area contributed by atoms with E-state index in [1.54, 1.807) is 4.90 Å². The van der Waals surface area contributed by atoms with Gasteiger partial charge in [0.1, 0.15) is 0 Å². The molecule has 1 amide bonds. The summed E-state index contributed by atoms with van der Waals surface area (Å²) in [6, 6.07) is -0.783. The van der Waals surface area contributed by atoms with Crippen LogP contribution in [0.2, 0.25) is 0 Å². The Kier molecular flexibility index (Phi) is 7.54. The standard InChI is InChI=1S/C14H27N3O3/c1-3-4-5-6-16-7-9-17(10-8-16)14(19)12(15)11-13(18)20-2/h12H,3-11,15H2,1-2H3. The first-order valence-corrected chi connectivity index (χ1v) is 7.42. The van der Waals surface area contributed by atoms with Gasteiger partial charge in [0.2, 0.25) is 5.91 Å². The minimum absolute atomic E-state index is 0.0496. The average Bonchev–Trinajstić information content (AvgIpc) is 2.47. The largest absolute Gasteiger partial charge is 0.469 e. The van der Waals surface area contributed by atoms with E-state index in [9.17, 15) is 9.59 Å². The van der Waals surface area contributed by atoms with Gasteiger partial charge in [-0.15, -0.1) is 0 Å². The highest BCUT2D eigenvalue weighted by Gasteiger charge is 2.26. The maximum absolute atomic E-state index is 12.1. The van der Waals surface area contributed by atoms with Crippen molar-refractivity contribution in [3.63, 3.8) is 0 Å². The number of methoxy groups -OCH3 is 1. The van der Waals surface area contributed by atoms with Crippen LogP contribution in [0, 0.1) is 0 Å². The Bertz CT molecular complexity index is 315. The van der Waals surface area contributed by atoms with E-state index in [1.165, 1.54) is 26.4 Å². The molecule has 1 atom stereocenters. The number of carbonyl (C=O) groups excluding carboxylic acids is 2. The van der Waals surface area contributed by atoms with Crippen LogP contribution in [0.1, 0.15) is 32.6 Å². The van der Waals surface area contributed by atoms with Gasteiger partial charge in [-0.2, -0.15) is 0 Å². The fraction of sp³-hybridized carbons (Fsp3) is 0.857. The highest BCUT2D eigenvalue weighted by Crippen LogP contribution is 2.07. The van der Waals surface area contributed by atoms with Gasteiger partial charge in [0.25, 0.3) is 0 Å². The van der Waals surface area contributed by atoms with Gasteiger partial charge < -0.3 is 15.4 Å². The zero-order valence-electron chi connectivity index (χ0n) is 12.6. The van der Waals surface area contributed by atoms with E-state index in [0.29, 0.717) is 13.1 Å². The van der Waals surface area contributed by atoms with Gasteiger partial charge in [-0.1, -0.05) is 19.8 Å². The van der Waals surface area contributed by atoms with E-state index >= 15 is 0 Å². The number of nitrogens with two attached hydrogens (primary N) is 1. The molecule has 6 heteroatoms. The smallest absolute Gasteiger partial charge is 0.307 e. The minimum Gasteiger partial charge on any atom is -0.469 e. The highest BCUT2D eigenvalue weighted by atomic mass is 16.5. The van der Waals surface area contributed by atoms with Gasteiger partial charge in [-0.05, 0) is 13.0 Å². The third-order valence-corrected chi connectivity index (χ3v) is 3.69. The van der Waals surface area contributed by atoms with Crippen LogP contribution < -0.4 is 5.73 Å². The molecule has 6 nitrogen and oxygen atoms in total. The SMILES string of the molecule is CCCCCN1CCN(C(=O)C(N)CC(=O)OC)CC1. The van der Waals surface area contributed by atoms with Crippen molar-refractivity contribution in [2.24, 2.45) is 5.73 Å². The van der Waals surface area contributed by atoms with E-state index in [2.05, 4.69) is 16.6 Å². The summed E-state index contributed by atoms with van der Waals surface area (Å²) in [5.41, 5.74) is 5.75. The number of rotatable bonds is 7. The van der Waals surface area contributed by atoms with Gasteiger partial charge in [-0.25, -0.2) is 0 Å². The lowest BCUT2D eigenvalue weighted by atomic mass is 10.1. The number of carbonyl (C=O) groups is 2. The highest BCUT2D eigenvalue weighted by molar-refractivity contribution is 5.86. The molecule has 1 unspecified atom stereocenters. The van der Waals surface area contributed by atoms with Crippen LogP contribution in [0.3, 0.4) is 0 Å². The molecule has 0 aromatic rings. The zero-order valence-corrected chi connectivity index (χ0v) is 12.6. The van der Waals surface area contributed by atoms with Crippen LogP contribution in [0.4, 0.5) is 0 Å². The molecular formula is C14H27N3O3. The fourth-order valence-electron chi connectivity index (χ4n) is 2.36. The Labute approximate surface area is 121 Å². The van der Waals surface area contributed by atoms with Crippen molar-refractivity contribution in [1.82, 2.24) is 9.80 Å². The zero-order chi connectivity index (χ0) is 15.0. The van der Waals surface area contributed by atoms with Crippen LogP contribution in [0.25, 0.3) is 0 Å². The number of unbranched alkanes of at least 4 members (excludes halogenated alkanes) is 2. The van der Waals surface area contributed by atoms with Crippen LogP contribution in [0.5, 0.6) is 0 Å². The molecule has 0 aromatic heterocycles. The summed E-state index contributed by atoms with van der Waals surface area (Å²) in [5.74, 6) is -0.590. The van der Waals surface area contributed by atoms with Crippen molar-refractivity contribution in [3.8, 4) is 0 Å². The predicted octanol–water partition coefficient (Wildman–Crippen LogP) is 0.211. The summed E-state index contributed by atoms with van der Waals surface area (Å²) in [7, 11) is 1.30. The van der Waals surface area contributed by atoms with Gasteiger partial charge in [0.05, 0.1) is 19.6 Å². The maximum Gasteiger partial charge on any atom is 0.307 e. The number of ether oxygens (including phenoxy) is 1. The number of hydrogen-bond acceptors (Lipinski definition) is 5. The Hall–Kier alpha value is -1.14. The number of hydrogen-bond donors (Lipinski definition) is 1. The average molecular weight is 285 g/mol. The van der Waals surface area contributed by atoms with Crippen LogP contribution in [0.15, 0.2) is 0 Å². The van der Waals surface area contributed by atoms with E-state index in [-0.39, 0.29) is 12.3 Å². The van der Waals surface area contributed by atoms with Crippen molar-refractivity contribution in [1.29, 1.82) is 0 Å². The molecule has 0 bridgehead atoms.